The summed E-state index contributed by atoms with van der Waals surface area (Å²) in [6.07, 6.45) is 4.28. The van der Waals surface area contributed by atoms with Crippen molar-refractivity contribution in [3.05, 3.63) is 70.6 Å². The molecule has 0 aliphatic carbocycles. The van der Waals surface area contributed by atoms with Crippen molar-refractivity contribution in [3.8, 4) is 0 Å². The highest BCUT2D eigenvalue weighted by molar-refractivity contribution is 6.36. The average Bonchev–Trinajstić information content (AvgIpc) is 3.00. The van der Waals surface area contributed by atoms with Crippen LogP contribution in [0.3, 0.4) is 0 Å². The van der Waals surface area contributed by atoms with E-state index in [0.717, 1.165) is 12.0 Å². The average molecular weight is 442 g/mol. The van der Waals surface area contributed by atoms with Gasteiger partial charge in [0.2, 0.25) is 0 Å². The van der Waals surface area contributed by atoms with Gasteiger partial charge in [-0.15, -0.1) is 0 Å². The summed E-state index contributed by atoms with van der Waals surface area (Å²) in [6.45, 7) is 7.58. The summed E-state index contributed by atoms with van der Waals surface area (Å²) in [5.41, 5.74) is 2.67. The minimum absolute atomic E-state index is 0.0310. The van der Waals surface area contributed by atoms with Crippen LogP contribution >= 0.6 is 11.6 Å². The van der Waals surface area contributed by atoms with E-state index in [1.54, 1.807) is 36.7 Å². The van der Waals surface area contributed by atoms with Gasteiger partial charge in [0.05, 0.1) is 24.8 Å². The zero-order valence-electron chi connectivity index (χ0n) is 18.2. The molecule has 0 saturated carbocycles. The van der Waals surface area contributed by atoms with Crippen molar-refractivity contribution in [1.29, 1.82) is 0 Å². The zero-order chi connectivity index (χ0) is 22.4. The lowest BCUT2D eigenvalue weighted by Gasteiger charge is -2.25. The number of hydrogen-bond acceptors (Lipinski definition) is 5. The van der Waals surface area contributed by atoms with E-state index in [2.05, 4.69) is 4.98 Å². The third kappa shape index (κ3) is 5.51. The first kappa shape index (κ1) is 23.0. The summed E-state index contributed by atoms with van der Waals surface area (Å²) in [7, 11) is 0. The predicted octanol–water partition coefficient (Wildman–Crippen LogP) is 3.80. The third-order valence-electron chi connectivity index (χ3n) is 5.16. The Hall–Kier alpha value is -2.70. The summed E-state index contributed by atoms with van der Waals surface area (Å²) in [5.74, 6) is -0.573. The fourth-order valence-electron chi connectivity index (χ4n) is 3.56. The lowest BCUT2D eigenvalue weighted by atomic mass is 10.0. The Kier molecular flexibility index (Phi) is 7.82. The zero-order valence-corrected chi connectivity index (χ0v) is 18.9. The van der Waals surface area contributed by atoms with Crippen LogP contribution < -0.4 is 0 Å². The number of halogens is 1. The fraction of sp³-hybridized carbons (Fsp3) is 0.375. The van der Waals surface area contributed by atoms with Crippen molar-refractivity contribution in [2.75, 3.05) is 26.2 Å². The number of imide groups is 1. The van der Waals surface area contributed by atoms with Gasteiger partial charge in [-0.25, -0.2) is 0 Å². The van der Waals surface area contributed by atoms with Gasteiger partial charge in [0.15, 0.2) is 0 Å². The summed E-state index contributed by atoms with van der Waals surface area (Å²) < 4.78 is 5.58. The second-order valence-electron chi connectivity index (χ2n) is 7.60. The molecule has 2 amide bonds. The summed E-state index contributed by atoms with van der Waals surface area (Å²) in [5, 5.41) is 0.579. The molecule has 0 N–H and O–H groups in total. The van der Waals surface area contributed by atoms with Crippen molar-refractivity contribution in [1.82, 2.24) is 14.8 Å². The molecule has 0 saturated heterocycles. The molecule has 164 valence electrons. The Morgan fingerprint density at radius 1 is 1.06 bits per heavy atom. The van der Waals surface area contributed by atoms with Crippen molar-refractivity contribution in [2.45, 2.75) is 33.3 Å². The fourth-order valence-corrected chi connectivity index (χ4v) is 3.68. The Balaban J connectivity index is 1.92. The highest BCUT2D eigenvalue weighted by Crippen LogP contribution is 2.32. The lowest BCUT2D eigenvalue weighted by Crippen LogP contribution is -2.38. The summed E-state index contributed by atoms with van der Waals surface area (Å²) in [6, 6.07) is 11.0. The lowest BCUT2D eigenvalue weighted by molar-refractivity contribution is -0.138. The quantitative estimate of drug-likeness (QED) is 0.525. The highest BCUT2D eigenvalue weighted by atomic mass is 35.5. The van der Waals surface area contributed by atoms with Crippen molar-refractivity contribution < 1.29 is 14.3 Å². The van der Waals surface area contributed by atoms with Crippen LogP contribution in [0.2, 0.25) is 5.02 Å². The van der Waals surface area contributed by atoms with Gasteiger partial charge in [-0.1, -0.05) is 23.7 Å². The topological polar surface area (TPSA) is 62.7 Å². The van der Waals surface area contributed by atoms with E-state index in [1.165, 1.54) is 4.90 Å². The van der Waals surface area contributed by atoms with Crippen molar-refractivity contribution >= 4 is 29.0 Å². The number of benzene rings is 1. The van der Waals surface area contributed by atoms with Gasteiger partial charge in [-0.3, -0.25) is 19.5 Å². The number of amides is 2. The smallest absolute Gasteiger partial charge is 0.277 e. The first-order valence-corrected chi connectivity index (χ1v) is 10.9. The number of nitrogens with zero attached hydrogens (tertiary/aromatic N) is 3. The summed E-state index contributed by atoms with van der Waals surface area (Å²) in [4.78, 5) is 34.0. The molecule has 2 aromatic rings. The van der Waals surface area contributed by atoms with E-state index in [1.807, 2.05) is 37.8 Å². The molecule has 2 heterocycles. The van der Waals surface area contributed by atoms with Crippen LogP contribution in [0.4, 0.5) is 0 Å². The molecule has 1 aliphatic rings. The maximum Gasteiger partial charge on any atom is 0.277 e. The molecule has 6 nitrogen and oxygen atoms in total. The molecule has 1 aromatic carbocycles. The third-order valence-corrected chi connectivity index (χ3v) is 5.41. The Morgan fingerprint density at radius 3 is 2.35 bits per heavy atom. The van der Waals surface area contributed by atoms with Crippen LogP contribution in [0.5, 0.6) is 0 Å². The van der Waals surface area contributed by atoms with E-state index in [4.69, 9.17) is 16.3 Å². The van der Waals surface area contributed by atoms with E-state index < -0.39 is 0 Å². The van der Waals surface area contributed by atoms with E-state index in [-0.39, 0.29) is 24.5 Å². The van der Waals surface area contributed by atoms with E-state index >= 15 is 0 Å². The molecule has 0 unspecified atom stereocenters. The van der Waals surface area contributed by atoms with Gasteiger partial charge < -0.3 is 9.64 Å². The first-order chi connectivity index (χ1) is 14.9. The van der Waals surface area contributed by atoms with Gasteiger partial charge in [-0.2, -0.15) is 0 Å². The first-order valence-electron chi connectivity index (χ1n) is 10.5. The van der Waals surface area contributed by atoms with Gasteiger partial charge in [0.25, 0.3) is 11.8 Å². The number of likely N-dealkylation sites (N-methyl/N-ethyl adjacent to an activating group) is 1. The highest BCUT2D eigenvalue weighted by Gasteiger charge is 2.41. The molecule has 31 heavy (non-hydrogen) atoms. The standard InChI is InChI=1S/C24H28ClN3O3/c1-4-27(14-11-18-9-12-26-13-10-18)22-21(19-5-7-20(25)8-6-19)23(29)28(24(22)30)15-16-31-17(2)3/h5-10,12-13,17H,4,11,14-16H2,1-3H3. The molecular formula is C24H28ClN3O3. The number of aromatic nitrogens is 1. The van der Waals surface area contributed by atoms with Crippen LogP contribution in [-0.2, 0) is 20.7 Å². The van der Waals surface area contributed by atoms with E-state index in [9.17, 15) is 9.59 Å². The minimum atomic E-state index is -0.294. The molecule has 0 radical (unpaired) electrons. The van der Waals surface area contributed by atoms with Crippen LogP contribution in [-0.4, -0.2) is 58.9 Å². The molecule has 0 atom stereocenters. The second kappa shape index (κ2) is 10.6. The molecular weight excluding hydrogens is 414 g/mol. The molecule has 3 rings (SSSR count). The maximum absolute atomic E-state index is 13.4. The second-order valence-corrected chi connectivity index (χ2v) is 8.03. The predicted molar refractivity (Wildman–Crippen MR) is 121 cm³/mol. The molecule has 0 spiro atoms. The Morgan fingerprint density at radius 2 is 1.74 bits per heavy atom. The number of pyridine rings is 1. The maximum atomic E-state index is 13.4. The van der Waals surface area contributed by atoms with Gasteiger partial charge in [-0.05, 0) is 62.6 Å². The number of ether oxygens (including phenoxy) is 1. The van der Waals surface area contributed by atoms with Gasteiger partial charge >= 0.3 is 0 Å². The van der Waals surface area contributed by atoms with Gasteiger partial charge in [0, 0.05) is 30.5 Å². The molecule has 0 fully saturated rings. The van der Waals surface area contributed by atoms with E-state index in [0.29, 0.717) is 41.6 Å². The molecule has 1 aliphatic heterocycles. The summed E-state index contributed by atoms with van der Waals surface area (Å²) >= 11 is 6.04. The molecule has 7 heteroatoms. The normalized spacial score (nSPS) is 14.2. The van der Waals surface area contributed by atoms with Crippen LogP contribution in [0.15, 0.2) is 54.5 Å². The SMILES string of the molecule is CCN(CCc1ccncc1)C1=C(c2ccc(Cl)cc2)C(=O)N(CCOC(C)C)C1=O. The van der Waals surface area contributed by atoms with Crippen LogP contribution in [0, 0.1) is 0 Å². The Labute approximate surface area is 188 Å². The molecule has 1 aromatic heterocycles. The molecule has 0 bridgehead atoms. The largest absolute Gasteiger partial charge is 0.377 e. The van der Waals surface area contributed by atoms with Crippen LogP contribution in [0.25, 0.3) is 5.57 Å². The van der Waals surface area contributed by atoms with Crippen LogP contribution in [0.1, 0.15) is 31.9 Å². The number of hydrogen-bond donors (Lipinski definition) is 0. The van der Waals surface area contributed by atoms with Crippen molar-refractivity contribution in [2.24, 2.45) is 0 Å². The number of rotatable bonds is 10. The van der Waals surface area contributed by atoms with Gasteiger partial charge in [0.1, 0.15) is 5.70 Å². The Bertz CT molecular complexity index is 942. The number of carbonyl (C=O) groups is 2. The monoisotopic (exact) mass is 441 g/mol. The number of carbonyl (C=O) groups excluding carboxylic acids is 2. The minimum Gasteiger partial charge on any atom is -0.377 e. The van der Waals surface area contributed by atoms with Crippen molar-refractivity contribution in [3.63, 3.8) is 0 Å².